The van der Waals surface area contributed by atoms with Crippen molar-refractivity contribution < 1.29 is 14.8 Å². The van der Waals surface area contributed by atoms with Gasteiger partial charge in [-0.05, 0) is 18.6 Å². The monoisotopic (exact) mass is 249 g/mol. The minimum atomic E-state index is -1.02. The highest BCUT2D eigenvalue weighted by Crippen LogP contribution is 2.22. The Morgan fingerprint density at radius 2 is 2.33 bits per heavy atom. The molecule has 0 saturated carbocycles. The number of carboxylic acids is 1. The SMILES string of the molecule is CCC(Nc1ccc([N+](=O)[O-])c(C#N)c1)C(=O)O. The van der Waals surface area contributed by atoms with Crippen molar-refractivity contribution in [2.45, 2.75) is 19.4 Å². The molecule has 94 valence electrons. The summed E-state index contributed by atoms with van der Waals surface area (Å²) in [5.41, 5.74) is -0.0388. The van der Waals surface area contributed by atoms with Crippen molar-refractivity contribution >= 4 is 17.3 Å². The van der Waals surface area contributed by atoms with Crippen molar-refractivity contribution in [1.82, 2.24) is 0 Å². The number of nitro benzene ring substituents is 1. The number of anilines is 1. The maximum absolute atomic E-state index is 10.8. The van der Waals surface area contributed by atoms with Crippen LogP contribution in [0.4, 0.5) is 11.4 Å². The minimum absolute atomic E-state index is 0.106. The Hall–Kier alpha value is -2.62. The quantitative estimate of drug-likeness (QED) is 0.606. The fourth-order valence-electron chi connectivity index (χ4n) is 1.41. The molecule has 7 nitrogen and oxygen atoms in total. The number of rotatable bonds is 5. The zero-order chi connectivity index (χ0) is 13.7. The highest BCUT2D eigenvalue weighted by atomic mass is 16.6. The summed E-state index contributed by atoms with van der Waals surface area (Å²) < 4.78 is 0. The van der Waals surface area contributed by atoms with E-state index in [-0.39, 0.29) is 11.3 Å². The molecule has 0 heterocycles. The summed E-state index contributed by atoms with van der Waals surface area (Å²) >= 11 is 0. The second-order valence-corrected chi connectivity index (χ2v) is 3.54. The first-order valence-electron chi connectivity index (χ1n) is 5.17. The first-order chi connectivity index (χ1) is 8.49. The zero-order valence-corrected chi connectivity index (χ0v) is 9.58. The van der Waals surface area contributed by atoms with E-state index < -0.39 is 16.9 Å². The number of hydrogen-bond donors (Lipinski definition) is 2. The molecule has 0 radical (unpaired) electrons. The van der Waals surface area contributed by atoms with E-state index in [2.05, 4.69) is 5.32 Å². The molecule has 0 aliphatic carbocycles. The standard InChI is InChI=1S/C11H11N3O4/c1-2-9(11(15)16)13-8-3-4-10(14(17)18)7(5-8)6-12/h3-5,9,13H,2H2,1H3,(H,15,16). The second kappa shape index (κ2) is 5.63. The normalized spacial score (nSPS) is 11.3. The lowest BCUT2D eigenvalue weighted by molar-refractivity contribution is -0.385. The molecule has 1 unspecified atom stereocenters. The molecule has 0 fully saturated rings. The van der Waals surface area contributed by atoms with E-state index in [0.29, 0.717) is 12.1 Å². The van der Waals surface area contributed by atoms with Crippen LogP contribution in [0.5, 0.6) is 0 Å². The van der Waals surface area contributed by atoms with Crippen molar-refractivity contribution in [3.63, 3.8) is 0 Å². The van der Waals surface area contributed by atoms with Gasteiger partial charge in [0, 0.05) is 11.8 Å². The molecule has 0 saturated heterocycles. The molecule has 0 aliphatic rings. The van der Waals surface area contributed by atoms with E-state index >= 15 is 0 Å². The largest absolute Gasteiger partial charge is 0.480 e. The van der Waals surface area contributed by atoms with Crippen molar-refractivity contribution in [2.24, 2.45) is 0 Å². The van der Waals surface area contributed by atoms with Gasteiger partial charge in [0.15, 0.2) is 0 Å². The molecule has 0 spiro atoms. The summed E-state index contributed by atoms with van der Waals surface area (Å²) in [6, 6.07) is 4.74. The molecule has 1 aromatic rings. The number of nitro groups is 1. The van der Waals surface area contributed by atoms with Gasteiger partial charge < -0.3 is 10.4 Å². The highest BCUT2D eigenvalue weighted by Gasteiger charge is 2.17. The zero-order valence-electron chi connectivity index (χ0n) is 9.58. The summed E-state index contributed by atoms with van der Waals surface area (Å²) in [5.74, 6) is -1.02. The van der Waals surface area contributed by atoms with E-state index in [9.17, 15) is 14.9 Å². The fourth-order valence-corrected chi connectivity index (χ4v) is 1.41. The number of benzene rings is 1. The molecule has 0 aromatic heterocycles. The molecule has 0 aliphatic heterocycles. The van der Waals surface area contributed by atoms with Crippen LogP contribution in [-0.4, -0.2) is 22.0 Å². The van der Waals surface area contributed by atoms with Crippen molar-refractivity contribution in [1.29, 1.82) is 5.26 Å². The maximum atomic E-state index is 10.8. The van der Waals surface area contributed by atoms with Crippen molar-refractivity contribution in [2.75, 3.05) is 5.32 Å². The van der Waals surface area contributed by atoms with E-state index in [4.69, 9.17) is 10.4 Å². The van der Waals surface area contributed by atoms with Gasteiger partial charge in [-0.25, -0.2) is 4.79 Å². The third kappa shape index (κ3) is 2.95. The summed E-state index contributed by atoms with van der Waals surface area (Å²) in [4.78, 5) is 20.8. The van der Waals surface area contributed by atoms with Gasteiger partial charge in [0.1, 0.15) is 17.7 Å². The third-order valence-corrected chi connectivity index (χ3v) is 2.36. The predicted octanol–water partition coefficient (Wildman–Crippen LogP) is 1.74. The lowest BCUT2D eigenvalue weighted by atomic mass is 10.1. The summed E-state index contributed by atoms with van der Waals surface area (Å²) in [6.45, 7) is 1.70. The van der Waals surface area contributed by atoms with E-state index in [0.717, 1.165) is 0 Å². The average Bonchev–Trinajstić information content (AvgIpc) is 2.34. The predicted molar refractivity (Wildman–Crippen MR) is 63.1 cm³/mol. The van der Waals surface area contributed by atoms with Crippen LogP contribution in [0.3, 0.4) is 0 Å². The molecule has 1 atom stereocenters. The van der Waals surface area contributed by atoms with Crippen molar-refractivity contribution in [3.05, 3.63) is 33.9 Å². The van der Waals surface area contributed by atoms with Crippen LogP contribution in [0.2, 0.25) is 0 Å². The average molecular weight is 249 g/mol. The summed E-state index contributed by atoms with van der Waals surface area (Å²) in [5, 5.41) is 31.0. The van der Waals surface area contributed by atoms with E-state index in [1.165, 1.54) is 18.2 Å². The van der Waals surface area contributed by atoms with Crippen LogP contribution in [0.1, 0.15) is 18.9 Å². The van der Waals surface area contributed by atoms with Gasteiger partial charge in [-0.1, -0.05) is 6.92 Å². The Bertz CT molecular complexity index is 522. The van der Waals surface area contributed by atoms with Crippen LogP contribution in [0, 0.1) is 21.4 Å². The van der Waals surface area contributed by atoms with E-state index in [1.807, 2.05) is 0 Å². The topological polar surface area (TPSA) is 116 Å². The number of hydrogen-bond acceptors (Lipinski definition) is 5. The molecule has 1 rings (SSSR count). The Morgan fingerprint density at radius 1 is 1.67 bits per heavy atom. The van der Waals surface area contributed by atoms with Gasteiger partial charge in [0.05, 0.1) is 4.92 Å². The number of carbonyl (C=O) groups is 1. The van der Waals surface area contributed by atoms with Crippen LogP contribution in [-0.2, 0) is 4.79 Å². The first kappa shape index (κ1) is 13.4. The van der Waals surface area contributed by atoms with Crippen molar-refractivity contribution in [3.8, 4) is 6.07 Å². The highest BCUT2D eigenvalue weighted by molar-refractivity contribution is 5.77. The Morgan fingerprint density at radius 3 is 2.78 bits per heavy atom. The second-order valence-electron chi connectivity index (χ2n) is 3.54. The van der Waals surface area contributed by atoms with E-state index in [1.54, 1.807) is 13.0 Å². The molecule has 7 heteroatoms. The smallest absolute Gasteiger partial charge is 0.326 e. The molecular weight excluding hydrogens is 238 g/mol. The molecule has 2 N–H and O–H groups in total. The molecule has 0 bridgehead atoms. The third-order valence-electron chi connectivity index (χ3n) is 2.36. The number of nitriles is 1. The Balaban J connectivity index is 3.03. The number of nitrogens with one attached hydrogen (secondary N) is 1. The molecule has 1 aromatic carbocycles. The van der Waals surface area contributed by atoms with Crippen LogP contribution in [0.15, 0.2) is 18.2 Å². The minimum Gasteiger partial charge on any atom is -0.480 e. The van der Waals surface area contributed by atoms with Gasteiger partial charge in [-0.15, -0.1) is 0 Å². The van der Waals surface area contributed by atoms with Gasteiger partial charge >= 0.3 is 5.97 Å². The van der Waals surface area contributed by atoms with Gasteiger partial charge in [-0.2, -0.15) is 5.26 Å². The summed E-state index contributed by atoms with van der Waals surface area (Å²) in [7, 11) is 0. The maximum Gasteiger partial charge on any atom is 0.326 e. The molecular formula is C11H11N3O4. The molecule has 18 heavy (non-hydrogen) atoms. The number of nitrogens with zero attached hydrogens (tertiary/aromatic N) is 2. The fraction of sp³-hybridized carbons (Fsp3) is 0.273. The van der Waals surface area contributed by atoms with Crippen LogP contribution >= 0.6 is 0 Å². The van der Waals surface area contributed by atoms with Gasteiger partial charge in [0.25, 0.3) is 5.69 Å². The van der Waals surface area contributed by atoms with Gasteiger partial charge in [-0.3, -0.25) is 10.1 Å². The number of carboxylic acid groups (broad SMARTS) is 1. The number of aliphatic carboxylic acids is 1. The Kier molecular flexibility index (Phi) is 4.21. The lowest BCUT2D eigenvalue weighted by Gasteiger charge is -2.13. The first-order valence-corrected chi connectivity index (χ1v) is 5.17. The Labute approximate surface area is 103 Å². The van der Waals surface area contributed by atoms with Crippen LogP contribution < -0.4 is 5.32 Å². The molecule has 0 amide bonds. The van der Waals surface area contributed by atoms with Crippen LogP contribution in [0.25, 0.3) is 0 Å². The van der Waals surface area contributed by atoms with Gasteiger partial charge in [0.2, 0.25) is 0 Å². The summed E-state index contributed by atoms with van der Waals surface area (Å²) in [6.07, 6.45) is 0.355. The lowest BCUT2D eigenvalue weighted by Crippen LogP contribution is -2.28.